The Kier molecular flexibility index (Phi) is 5.39. The van der Waals surface area contributed by atoms with Crippen LogP contribution in [0.3, 0.4) is 0 Å². The average molecular weight is 287 g/mol. The van der Waals surface area contributed by atoms with Crippen molar-refractivity contribution in [1.82, 2.24) is 14.9 Å². The zero-order chi connectivity index (χ0) is 15.2. The van der Waals surface area contributed by atoms with Crippen molar-refractivity contribution < 1.29 is 4.74 Å². The predicted octanol–water partition coefficient (Wildman–Crippen LogP) is 3.24. The molecular weight excluding hydrogens is 262 g/mol. The minimum Gasteiger partial charge on any atom is -0.493 e. The lowest BCUT2D eigenvalue weighted by molar-refractivity contribution is 0.256. The van der Waals surface area contributed by atoms with E-state index in [0.717, 1.165) is 43.3 Å². The zero-order valence-corrected chi connectivity index (χ0v) is 13.4. The van der Waals surface area contributed by atoms with Crippen LogP contribution in [0.15, 0.2) is 24.5 Å². The van der Waals surface area contributed by atoms with Crippen molar-refractivity contribution in [3.8, 4) is 5.75 Å². The quantitative estimate of drug-likeness (QED) is 0.795. The number of benzene rings is 1. The molecule has 1 N–H and O–H groups in total. The van der Waals surface area contributed by atoms with Gasteiger partial charge in [0.15, 0.2) is 0 Å². The number of nitrogens with zero attached hydrogens (tertiary/aromatic N) is 2. The summed E-state index contributed by atoms with van der Waals surface area (Å²) in [5, 5.41) is 0. The van der Waals surface area contributed by atoms with Gasteiger partial charge >= 0.3 is 0 Å². The maximum absolute atomic E-state index is 5.88. The number of aromatic amines is 1. The first-order valence-electron chi connectivity index (χ1n) is 7.43. The summed E-state index contributed by atoms with van der Waals surface area (Å²) in [7, 11) is 2.12. The van der Waals surface area contributed by atoms with E-state index in [2.05, 4.69) is 60.9 Å². The van der Waals surface area contributed by atoms with Crippen molar-refractivity contribution in [2.45, 2.75) is 33.7 Å². The van der Waals surface area contributed by atoms with Gasteiger partial charge < -0.3 is 14.6 Å². The molecule has 0 aliphatic carbocycles. The molecule has 0 saturated heterocycles. The van der Waals surface area contributed by atoms with Crippen LogP contribution >= 0.6 is 0 Å². The second-order valence-corrected chi connectivity index (χ2v) is 5.68. The average Bonchev–Trinajstić information content (AvgIpc) is 2.84. The third-order valence-corrected chi connectivity index (χ3v) is 3.64. The second kappa shape index (κ2) is 7.27. The van der Waals surface area contributed by atoms with Gasteiger partial charge in [0.2, 0.25) is 0 Å². The van der Waals surface area contributed by atoms with Crippen LogP contribution in [0.2, 0.25) is 0 Å². The Hall–Kier alpha value is -1.81. The van der Waals surface area contributed by atoms with Gasteiger partial charge in [-0.2, -0.15) is 0 Å². The molecule has 0 aliphatic rings. The highest BCUT2D eigenvalue weighted by Crippen LogP contribution is 2.19. The SMILES string of the molecule is Cc1ccc(C)c(OCCCN(C)Cc2nc[nH]c2C)c1. The van der Waals surface area contributed by atoms with E-state index in [1.54, 1.807) is 6.33 Å². The fourth-order valence-electron chi connectivity index (χ4n) is 2.26. The summed E-state index contributed by atoms with van der Waals surface area (Å²) < 4.78 is 5.88. The van der Waals surface area contributed by atoms with Gasteiger partial charge in [-0.1, -0.05) is 12.1 Å². The molecule has 0 amide bonds. The topological polar surface area (TPSA) is 41.1 Å². The van der Waals surface area contributed by atoms with Crippen LogP contribution in [0.25, 0.3) is 0 Å². The van der Waals surface area contributed by atoms with Gasteiger partial charge in [-0.05, 0) is 51.4 Å². The third-order valence-electron chi connectivity index (χ3n) is 3.64. The standard InChI is InChI=1S/C17H25N3O/c1-13-6-7-14(2)17(10-13)21-9-5-8-20(4)11-16-15(3)18-12-19-16/h6-7,10,12H,5,8-9,11H2,1-4H3,(H,18,19). The fraction of sp³-hybridized carbons (Fsp3) is 0.471. The molecule has 2 rings (SSSR count). The Balaban J connectivity index is 1.72. The summed E-state index contributed by atoms with van der Waals surface area (Å²) in [5.74, 6) is 1.00. The van der Waals surface area contributed by atoms with Crippen LogP contribution in [0.5, 0.6) is 5.75 Å². The van der Waals surface area contributed by atoms with Gasteiger partial charge in [-0.3, -0.25) is 0 Å². The lowest BCUT2D eigenvalue weighted by Crippen LogP contribution is -2.21. The van der Waals surface area contributed by atoms with E-state index in [-0.39, 0.29) is 0 Å². The van der Waals surface area contributed by atoms with Crippen molar-refractivity contribution in [3.63, 3.8) is 0 Å². The number of rotatable bonds is 7. The van der Waals surface area contributed by atoms with E-state index in [4.69, 9.17) is 4.74 Å². The van der Waals surface area contributed by atoms with Crippen LogP contribution in [-0.2, 0) is 6.54 Å². The maximum Gasteiger partial charge on any atom is 0.122 e. The molecule has 4 heteroatoms. The molecule has 0 saturated carbocycles. The van der Waals surface area contributed by atoms with Crippen LogP contribution in [-0.4, -0.2) is 35.1 Å². The number of H-pyrrole nitrogens is 1. The number of nitrogens with one attached hydrogen (secondary N) is 1. The van der Waals surface area contributed by atoms with Gasteiger partial charge in [0.1, 0.15) is 5.75 Å². The predicted molar refractivity (Wildman–Crippen MR) is 85.7 cm³/mol. The smallest absolute Gasteiger partial charge is 0.122 e. The zero-order valence-electron chi connectivity index (χ0n) is 13.4. The highest BCUT2D eigenvalue weighted by atomic mass is 16.5. The van der Waals surface area contributed by atoms with Gasteiger partial charge in [0.25, 0.3) is 0 Å². The molecule has 0 atom stereocenters. The number of hydrogen-bond donors (Lipinski definition) is 1. The van der Waals surface area contributed by atoms with E-state index < -0.39 is 0 Å². The maximum atomic E-state index is 5.88. The van der Waals surface area contributed by atoms with Gasteiger partial charge in [-0.25, -0.2) is 4.98 Å². The Morgan fingerprint density at radius 2 is 2.05 bits per heavy atom. The largest absolute Gasteiger partial charge is 0.493 e. The number of hydrogen-bond acceptors (Lipinski definition) is 3. The number of ether oxygens (including phenoxy) is 1. The summed E-state index contributed by atoms with van der Waals surface area (Å²) >= 11 is 0. The summed E-state index contributed by atoms with van der Waals surface area (Å²) in [4.78, 5) is 9.71. The van der Waals surface area contributed by atoms with E-state index in [9.17, 15) is 0 Å². The lowest BCUT2D eigenvalue weighted by atomic mass is 10.1. The van der Waals surface area contributed by atoms with E-state index in [1.807, 2.05) is 0 Å². The molecule has 0 spiro atoms. The molecule has 1 heterocycles. The van der Waals surface area contributed by atoms with Crippen LogP contribution in [0, 0.1) is 20.8 Å². The van der Waals surface area contributed by atoms with Crippen molar-refractivity contribution in [3.05, 3.63) is 47.0 Å². The first-order valence-corrected chi connectivity index (χ1v) is 7.43. The van der Waals surface area contributed by atoms with Crippen LogP contribution in [0.4, 0.5) is 0 Å². The minimum atomic E-state index is 0.744. The number of aryl methyl sites for hydroxylation is 3. The Morgan fingerprint density at radius 1 is 1.24 bits per heavy atom. The van der Waals surface area contributed by atoms with Crippen molar-refractivity contribution in [2.24, 2.45) is 0 Å². The normalized spacial score (nSPS) is 11.1. The molecule has 0 fully saturated rings. The summed E-state index contributed by atoms with van der Waals surface area (Å²) in [5.41, 5.74) is 4.70. The molecule has 21 heavy (non-hydrogen) atoms. The summed E-state index contributed by atoms with van der Waals surface area (Å²) in [6.07, 6.45) is 2.76. The number of imidazole rings is 1. The third kappa shape index (κ3) is 4.60. The molecule has 0 unspecified atom stereocenters. The van der Waals surface area contributed by atoms with E-state index >= 15 is 0 Å². The first-order chi connectivity index (χ1) is 10.1. The Labute approximate surface area is 127 Å². The Bertz CT molecular complexity index is 577. The summed E-state index contributed by atoms with van der Waals surface area (Å²) in [6.45, 7) is 8.84. The van der Waals surface area contributed by atoms with E-state index in [0.29, 0.717) is 0 Å². The molecule has 0 bridgehead atoms. The van der Waals surface area contributed by atoms with E-state index in [1.165, 1.54) is 11.1 Å². The van der Waals surface area contributed by atoms with Crippen molar-refractivity contribution in [2.75, 3.05) is 20.2 Å². The highest BCUT2D eigenvalue weighted by Gasteiger charge is 2.06. The number of aromatic nitrogens is 2. The van der Waals surface area contributed by atoms with Crippen molar-refractivity contribution in [1.29, 1.82) is 0 Å². The molecule has 4 nitrogen and oxygen atoms in total. The molecule has 114 valence electrons. The minimum absolute atomic E-state index is 0.744. The second-order valence-electron chi connectivity index (χ2n) is 5.68. The van der Waals surface area contributed by atoms with Crippen LogP contribution in [0.1, 0.15) is 28.9 Å². The fourth-order valence-corrected chi connectivity index (χ4v) is 2.26. The lowest BCUT2D eigenvalue weighted by Gasteiger charge is -2.16. The molecule has 1 aromatic heterocycles. The van der Waals surface area contributed by atoms with Gasteiger partial charge in [0.05, 0.1) is 18.6 Å². The monoisotopic (exact) mass is 287 g/mol. The molecule has 0 aliphatic heterocycles. The van der Waals surface area contributed by atoms with Gasteiger partial charge in [0, 0.05) is 18.8 Å². The molecular formula is C17H25N3O. The summed E-state index contributed by atoms with van der Waals surface area (Å²) in [6, 6.07) is 6.32. The molecule has 1 aromatic carbocycles. The van der Waals surface area contributed by atoms with Crippen molar-refractivity contribution >= 4 is 0 Å². The highest BCUT2D eigenvalue weighted by molar-refractivity contribution is 5.35. The molecule has 2 aromatic rings. The molecule has 0 radical (unpaired) electrons. The Morgan fingerprint density at radius 3 is 2.76 bits per heavy atom. The van der Waals surface area contributed by atoms with Crippen LogP contribution < -0.4 is 4.74 Å². The first kappa shape index (κ1) is 15.6. The van der Waals surface area contributed by atoms with Gasteiger partial charge in [-0.15, -0.1) is 0 Å².